The van der Waals surface area contributed by atoms with Crippen molar-refractivity contribution in [3.05, 3.63) is 46.4 Å². The number of amides is 2. The van der Waals surface area contributed by atoms with Crippen molar-refractivity contribution in [3.63, 3.8) is 0 Å². The van der Waals surface area contributed by atoms with Crippen molar-refractivity contribution in [2.24, 2.45) is 0 Å². The maximum Gasteiger partial charge on any atom is 0.261 e. The van der Waals surface area contributed by atoms with Crippen LogP contribution in [0.4, 0.5) is 0 Å². The second-order valence-electron chi connectivity index (χ2n) is 4.19. The van der Waals surface area contributed by atoms with Crippen molar-refractivity contribution in [3.8, 4) is 0 Å². The van der Waals surface area contributed by atoms with Crippen LogP contribution in [-0.2, 0) is 4.79 Å². The van der Waals surface area contributed by atoms with E-state index in [4.69, 9.17) is 0 Å². The van der Waals surface area contributed by atoms with Gasteiger partial charge in [0.2, 0.25) is 0 Å². The van der Waals surface area contributed by atoms with Crippen molar-refractivity contribution in [2.45, 2.75) is 6.42 Å². The van der Waals surface area contributed by atoms with E-state index in [1.807, 2.05) is 30.4 Å². The van der Waals surface area contributed by atoms with E-state index in [1.54, 1.807) is 6.07 Å². The van der Waals surface area contributed by atoms with Gasteiger partial charge >= 0.3 is 0 Å². The van der Waals surface area contributed by atoms with Crippen LogP contribution in [0, 0.1) is 0 Å². The lowest BCUT2D eigenvalue weighted by atomic mass is 9.99. The SMILES string of the molecule is CN1C(=O)C2=c3c(cccc3=CCC=C2)C1=O. The Labute approximate surface area is 98.4 Å². The third-order valence-corrected chi connectivity index (χ3v) is 3.19. The second kappa shape index (κ2) is 3.42. The molecule has 3 rings (SSSR count). The number of hydrogen-bond acceptors (Lipinski definition) is 2. The van der Waals surface area contributed by atoms with E-state index >= 15 is 0 Å². The summed E-state index contributed by atoms with van der Waals surface area (Å²) >= 11 is 0. The number of rotatable bonds is 0. The van der Waals surface area contributed by atoms with Gasteiger partial charge in [-0.1, -0.05) is 30.4 Å². The van der Waals surface area contributed by atoms with Crippen LogP contribution in [0.5, 0.6) is 0 Å². The van der Waals surface area contributed by atoms with Crippen molar-refractivity contribution in [2.75, 3.05) is 7.05 Å². The molecule has 1 aromatic carbocycles. The van der Waals surface area contributed by atoms with Crippen LogP contribution in [0.2, 0.25) is 0 Å². The zero-order chi connectivity index (χ0) is 12.0. The van der Waals surface area contributed by atoms with E-state index in [0.29, 0.717) is 11.1 Å². The van der Waals surface area contributed by atoms with Crippen LogP contribution in [0.1, 0.15) is 16.8 Å². The molecule has 0 fully saturated rings. The van der Waals surface area contributed by atoms with Gasteiger partial charge in [0.1, 0.15) is 0 Å². The molecule has 17 heavy (non-hydrogen) atoms. The van der Waals surface area contributed by atoms with Crippen molar-refractivity contribution >= 4 is 23.5 Å². The normalized spacial score (nSPS) is 17.7. The predicted molar refractivity (Wildman–Crippen MR) is 64.4 cm³/mol. The van der Waals surface area contributed by atoms with E-state index in [1.165, 1.54) is 11.9 Å². The fourth-order valence-electron chi connectivity index (χ4n) is 2.32. The topological polar surface area (TPSA) is 37.4 Å². The minimum absolute atomic E-state index is 0.221. The molecule has 1 aromatic rings. The molecule has 0 saturated heterocycles. The summed E-state index contributed by atoms with van der Waals surface area (Å²) in [6.45, 7) is 0. The Kier molecular flexibility index (Phi) is 2.01. The molecular formula is C14H11NO2. The highest BCUT2D eigenvalue weighted by molar-refractivity contribution is 6.26. The van der Waals surface area contributed by atoms with E-state index in [9.17, 15) is 9.59 Å². The van der Waals surface area contributed by atoms with Gasteiger partial charge < -0.3 is 0 Å². The summed E-state index contributed by atoms with van der Waals surface area (Å²) in [5, 5.41) is 1.76. The molecule has 84 valence electrons. The Morgan fingerprint density at radius 1 is 1.18 bits per heavy atom. The minimum atomic E-state index is -0.223. The number of carbonyl (C=O) groups excluding carboxylic acids is 2. The van der Waals surface area contributed by atoms with Gasteiger partial charge in [0.25, 0.3) is 11.8 Å². The average molecular weight is 225 g/mol. The number of benzene rings is 1. The fraction of sp³-hybridized carbons (Fsp3) is 0.143. The van der Waals surface area contributed by atoms with Crippen LogP contribution in [-0.4, -0.2) is 23.8 Å². The molecule has 1 aliphatic carbocycles. The van der Waals surface area contributed by atoms with Crippen LogP contribution in [0.25, 0.3) is 11.6 Å². The van der Waals surface area contributed by atoms with Gasteiger partial charge in [-0.05, 0) is 17.7 Å². The molecule has 0 aromatic heterocycles. The van der Waals surface area contributed by atoms with Crippen molar-refractivity contribution in [1.29, 1.82) is 0 Å². The smallest absolute Gasteiger partial charge is 0.261 e. The van der Waals surface area contributed by atoms with Gasteiger partial charge in [0, 0.05) is 23.4 Å². The first-order valence-electron chi connectivity index (χ1n) is 5.52. The summed E-state index contributed by atoms with van der Waals surface area (Å²) in [5.41, 5.74) is 1.23. The lowest BCUT2D eigenvalue weighted by Crippen LogP contribution is -2.47. The molecule has 0 atom stereocenters. The Morgan fingerprint density at radius 2 is 2.00 bits per heavy atom. The molecule has 1 heterocycles. The maximum absolute atomic E-state index is 12.1. The molecule has 0 saturated carbocycles. The standard InChI is InChI=1S/C14H11NO2/c1-15-13(16)10-7-3-2-5-9-6-4-8-11(12(9)10)14(15)17/h3-8H,2H2,1H3. The summed E-state index contributed by atoms with van der Waals surface area (Å²) < 4.78 is 0. The van der Waals surface area contributed by atoms with Crippen molar-refractivity contribution in [1.82, 2.24) is 4.90 Å². The summed E-state index contributed by atoms with van der Waals surface area (Å²) in [7, 11) is 1.52. The zero-order valence-electron chi connectivity index (χ0n) is 9.43. The maximum atomic E-state index is 12.1. The van der Waals surface area contributed by atoms with Gasteiger partial charge in [0.05, 0.1) is 0 Å². The molecule has 0 radical (unpaired) electrons. The second-order valence-corrected chi connectivity index (χ2v) is 4.19. The van der Waals surface area contributed by atoms with Crippen LogP contribution in [0.15, 0.2) is 30.4 Å². The van der Waals surface area contributed by atoms with Crippen LogP contribution >= 0.6 is 0 Å². The fourth-order valence-corrected chi connectivity index (χ4v) is 2.32. The van der Waals surface area contributed by atoms with Gasteiger partial charge in [0.15, 0.2) is 0 Å². The summed E-state index contributed by atoms with van der Waals surface area (Å²) in [5.74, 6) is -0.444. The molecule has 0 bridgehead atoms. The van der Waals surface area contributed by atoms with E-state index < -0.39 is 0 Å². The number of nitrogens with zero attached hydrogens (tertiary/aromatic N) is 1. The van der Waals surface area contributed by atoms with Gasteiger partial charge in [-0.25, -0.2) is 0 Å². The molecule has 0 N–H and O–H groups in total. The van der Waals surface area contributed by atoms with E-state index in [0.717, 1.165) is 16.9 Å². The van der Waals surface area contributed by atoms with Gasteiger partial charge in [-0.15, -0.1) is 0 Å². The van der Waals surface area contributed by atoms with Gasteiger partial charge in [-0.3, -0.25) is 14.5 Å². The lowest BCUT2D eigenvalue weighted by Gasteiger charge is -2.21. The largest absolute Gasteiger partial charge is 0.277 e. The van der Waals surface area contributed by atoms with E-state index in [2.05, 4.69) is 0 Å². The zero-order valence-corrected chi connectivity index (χ0v) is 9.43. The molecule has 0 unspecified atom stereocenters. The Bertz CT molecular complexity index is 683. The highest BCUT2D eigenvalue weighted by Crippen LogP contribution is 2.13. The molecule has 3 nitrogen and oxygen atoms in total. The molecular weight excluding hydrogens is 214 g/mol. The molecule has 2 aliphatic rings. The highest BCUT2D eigenvalue weighted by atomic mass is 16.2. The van der Waals surface area contributed by atoms with Crippen molar-refractivity contribution < 1.29 is 9.59 Å². The number of hydrogen-bond donors (Lipinski definition) is 0. The van der Waals surface area contributed by atoms with Crippen LogP contribution in [0.3, 0.4) is 0 Å². The molecule has 0 spiro atoms. The number of carbonyl (C=O) groups is 2. The lowest BCUT2D eigenvalue weighted by molar-refractivity contribution is -0.121. The Morgan fingerprint density at radius 3 is 2.82 bits per heavy atom. The first-order valence-corrected chi connectivity index (χ1v) is 5.52. The third-order valence-electron chi connectivity index (χ3n) is 3.19. The first-order chi connectivity index (χ1) is 8.20. The quantitative estimate of drug-likeness (QED) is 0.591. The molecule has 2 amide bonds. The summed E-state index contributed by atoms with van der Waals surface area (Å²) in [4.78, 5) is 25.3. The highest BCUT2D eigenvalue weighted by Gasteiger charge is 2.28. The first kappa shape index (κ1) is 10.0. The Hall–Kier alpha value is -2.16. The average Bonchev–Trinajstić information content (AvgIpc) is 2.56. The minimum Gasteiger partial charge on any atom is -0.277 e. The monoisotopic (exact) mass is 225 g/mol. The Balaban J connectivity index is 2.56. The van der Waals surface area contributed by atoms with Gasteiger partial charge in [-0.2, -0.15) is 0 Å². The van der Waals surface area contributed by atoms with E-state index in [-0.39, 0.29) is 11.8 Å². The summed E-state index contributed by atoms with van der Waals surface area (Å²) in [6, 6.07) is 5.57. The molecule has 1 aliphatic heterocycles. The predicted octanol–water partition coefficient (Wildman–Crippen LogP) is 0.190. The molecule has 3 heteroatoms. The third kappa shape index (κ3) is 1.29. The summed E-state index contributed by atoms with van der Waals surface area (Å²) in [6.07, 6.45) is 6.58. The number of imide groups is 1. The van der Waals surface area contributed by atoms with Crippen LogP contribution < -0.4 is 10.4 Å². The number of allylic oxidation sites excluding steroid dienone is 1.